The monoisotopic (exact) mass is 529 g/mol. The highest BCUT2D eigenvalue weighted by Crippen LogP contribution is 2.36. The molecule has 2 amide bonds. The zero-order valence-corrected chi connectivity index (χ0v) is 22.7. The van der Waals surface area contributed by atoms with Gasteiger partial charge in [0.15, 0.2) is 0 Å². The van der Waals surface area contributed by atoms with E-state index in [2.05, 4.69) is 17.3 Å². The molecule has 6 nitrogen and oxygen atoms in total. The third kappa shape index (κ3) is 5.74. The lowest BCUT2D eigenvalue weighted by molar-refractivity contribution is 0.0947. The smallest absolute Gasteiger partial charge is 0.259 e. The van der Waals surface area contributed by atoms with Gasteiger partial charge in [-0.25, -0.2) is 4.21 Å². The number of carbonyl (C=O) groups is 2. The van der Waals surface area contributed by atoms with E-state index in [9.17, 15) is 13.8 Å². The fraction of sp³-hybridized carbons (Fsp3) is 0.355. The summed E-state index contributed by atoms with van der Waals surface area (Å²) in [4.78, 5) is 31.9. The molecule has 1 heterocycles. The van der Waals surface area contributed by atoms with Gasteiger partial charge in [0, 0.05) is 18.2 Å². The fourth-order valence-corrected chi connectivity index (χ4v) is 6.81. The number of hydrogen-bond acceptors (Lipinski definition) is 4. The zero-order chi connectivity index (χ0) is 26.5. The van der Waals surface area contributed by atoms with Crippen LogP contribution in [0.15, 0.2) is 82.6 Å². The van der Waals surface area contributed by atoms with Crippen LogP contribution < -0.4 is 10.2 Å². The van der Waals surface area contributed by atoms with Crippen molar-refractivity contribution >= 4 is 28.3 Å². The highest BCUT2D eigenvalue weighted by atomic mass is 32.2. The molecule has 1 aliphatic heterocycles. The molecule has 0 radical (unpaired) electrons. The number of hydrogen-bond donors (Lipinski definition) is 1. The summed E-state index contributed by atoms with van der Waals surface area (Å²) in [6, 6.07) is 22.6. The Hall–Kier alpha value is -3.29. The molecule has 0 unspecified atom stereocenters. The second-order valence-electron chi connectivity index (χ2n) is 10.2. The maximum atomic E-state index is 13.7. The Morgan fingerprint density at radius 2 is 1.71 bits per heavy atom. The predicted octanol–water partition coefficient (Wildman–Crippen LogP) is 5.40. The molecule has 38 heavy (non-hydrogen) atoms. The third-order valence-corrected chi connectivity index (χ3v) is 9.13. The van der Waals surface area contributed by atoms with E-state index in [0.29, 0.717) is 45.7 Å². The Morgan fingerprint density at radius 1 is 0.974 bits per heavy atom. The van der Waals surface area contributed by atoms with Crippen LogP contribution in [0.5, 0.6) is 0 Å². The summed E-state index contributed by atoms with van der Waals surface area (Å²) in [5.41, 5.74) is 2.34. The van der Waals surface area contributed by atoms with Gasteiger partial charge in [-0.15, -0.1) is 0 Å². The summed E-state index contributed by atoms with van der Waals surface area (Å²) < 4.78 is 13.6. The Kier molecular flexibility index (Phi) is 8.35. The maximum absolute atomic E-state index is 13.7. The molecule has 7 heteroatoms. The molecule has 0 bridgehead atoms. The highest BCUT2D eigenvalue weighted by molar-refractivity contribution is 7.85. The van der Waals surface area contributed by atoms with Crippen LogP contribution in [0.25, 0.3) is 0 Å². The Bertz CT molecular complexity index is 1320. The topological polar surface area (TPSA) is 69.7 Å². The average molecular weight is 530 g/mol. The van der Waals surface area contributed by atoms with Gasteiger partial charge in [0.25, 0.3) is 11.8 Å². The number of amides is 2. The summed E-state index contributed by atoms with van der Waals surface area (Å²) in [7, 11) is 0.638. The summed E-state index contributed by atoms with van der Waals surface area (Å²) in [6.45, 7) is 1.85. The molecule has 1 fully saturated rings. The quantitative estimate of drug-likeness (QED) is 0.397. The number of benzene rings is 3. The molecular formula is C31H35N3O3S. The second kappa shape index (κ2) is 12.0. The van der Waals surface area contributed by atoms with Crippen molar-refractivity contribution in [3.63, 3.8) is 0 Å². The molecule has 5 rings (SSSR count). The molecular weight excluding hydrogens is 494 g/mol. The minimum Gasteiger partial charge on any atom is -0.352 e. The number of rotatable bonds is 8. The van der Waals surface area contributed by atoms with Gasteiger partial charge in [-0.2, -0.15) is 0 Å². The Balaban J connectivity index is 1.35. The molecule has 3 aromatic rings. The van der Waals surface area contributed by atoms with Crippen molar-refractivity contribution in [3.05, 3.63) is 89.5 Å². The van der Waals surface area contributed by atoms with Crippen LogP contribution in [0.2, 0.25) is 0 Å². The number of nitrogens with zero attached hydrogens (tertiary/aromatic N) is 2. The van der Waals surface area contributed by atoms with Crippen molar-refractivity contribution in [2.75, 3.05) is 25.0 Å². The molecule has 0 spiro atoms. The van der Waals surface area contributed by atoms with Crippen LogP contribution >= 0.6 is 0 Å². The van der Waals surface area contributed by atoms with Gasteiger partial charge in [-0.3, -0.25) is 9.59 Å². The van der Waals surface area contributed by atoms with Crippen LogP contribution in [-0.2, 0) is 17.3 Å². The van der Waals surface area contributed by atoms with Gasteiger partial charge in [-0.05, 0) is 68.8 Å². The normalized spacial score (nSPS) is 17.6. The molecule has 1 saturated carbocycles. The van der Waals surface area contributed by atoms with Gasteiger partial charge in [0.2, 0.25) is 0 Å². The van der Waals surface area contributed by atoms with Gasteiger partial charge >= 0.3 is 0 Å². The first-order valence-corrected chi connectivity index (χ1v) is 14.7. The van der Waals surface area contributed by atoms with Crippen molar-refractivity contribution in [3.8, 4) is 0 Å². The van der Waals surface area contributed by atoms with E-state index in [-0.39, 0.29) is 11.8 Å². The van der Waals surface area contributed by atoms with Crippen molar-refractivity contribution in [1.82, 2.24) is 10.2 Å². The lowest BCUT2D eigenvalue weighted by Gasteiger charge is -2.31. The van der Waals surface area contributed by atoms with Crippen LogP contribution in [0.1, 0.15) is 64.8 Å². The average Bonchev–Trinajstić information content (AvgIpc) is 3.05. The van der Waals surface area contributed by atoms with Crippen LogP contribution in [0.4, 0.5) is 5.69 Å². The van der Waals surface area contributed by atoms with Gasteiger partial charge < -0.3 is 15.1 Å². The molecule has 198 valence electrons. The van der Waals surface area contributed by atoms with Crippen molar-refractivity contribution in [2.45, 2.75) is 60.9 Å². The third-order valence-electron chi connectivity index (χ3n) is 7.63. The molecule has 3 aromatic carbocycles. The standard InChI is InChI=1S/C31H35N3O3S/c1-33(25-13-6-3-7-14-25)20-10-19-32-30(35)24-17-18-29-27(21-24)34(22-23-11-4-2-5-12-23)31(36)26-15-8-9-16-28(26)38(29)37/h2,4-5,8-9,11-12,15-18,21,25H,3,6-7,10,13-14,19-20,22H2,1H3,(H,32,35)/t38-/m1/s1. The highest BCUT2D eigenvalue weighted by Gasteiger charge is 2.31. The van der Waals surface area contributed by atoms with Crippen LogP contribution in [0.3, 0.4) is 0 Å². The summed E-state index contributed by atoms with van der Waals surface area (Å²) in [5, 5.41) is 3.04. The maximum Gasteiger partial charge on any atom is 0.259 e. The summed E-state index contributed by atoms with van der Waals surface area (Å²) in [5.74, 6) is -0.410. The first-order chi connectivity index (χ1) is 18.5. The van der Waals surface area contributed by atoms with E-state index in [4.69, 9.17) is 0 Å². The first kappa shape index (κ1) is 26.3. The molecule has 1 N–H and O–H groups in total. The summed E-state index contributed by atoms with van der Waals surface area (Å²) >= 11 is 0. The van der Waals surface area contributed by atoms with Crippen molar-refractivity contribution in [2.24, 2.45) is 0 Å². The van der Waals surface area contributed by atoms with E-state index < -0.39 is 10.8 Å². The van der Waals surface area contributed by atoms with E-state index in [1.165, 1.54) is 32.1 Å². The van der Waals surface area contributed by atoms with E-state index in [1.807, 2.05) is 30.3 Å². The molecule has 1 aliphatic carbocycles. The number of anilines is 1. The molecule has 0 saturated heterocycles. The lowest BCUT2D eigenvalue weighted by Crippen LogP contribution is -2.36. The first-order valence-electron chi connectivity index (χ1n) is 13.5. The Morgan fingerprint density at radius 3 is 2.50 bits per heavy atom. The lowest BCUT2D eigenvalue weighted by atomic mass is 9.94. The van der Waals surface area contributed by atoms with Crippen LogP contribution in [0, 0.1) is 0 Å². The minimum atomic E-state index is -1.54. The van der Waals surface area contributed by atoms with E-state index >= 15 is 0 Å². The SMILES string of the molecule is CN(CCCNC(=O)c1ccc2c(c1)N(Cc1ccccc1)C(=O)c1ccccc1[S@]2=O)C1CCCCC1. The van der Waals surface area contributed by atoms with E-state index in [1.54, 1.807) is 47.4 Å². The Labute approximate surface area is 227 Å². The largest absolute Gasteiger partial charge is 0.352 e. The van der Waals surface area contributed by atoms with Gasteiger partial charge in [-0.1, -0.05) is 61.7 Å². The molecule has 0 aromatic heterocycles. The minimum absolute atomic E-state index is 0.187. The van der Waals surface area contributed by atoms with Crippen molar-refractivity contribution < 1.29 is 13.8 Å². The molecule has 1 atom stereocenters. The number of nitrogens with one attached hydrogen (secondary N) is 1. The van der Waals surface area contributed by atoms with Gasteiger partial charge in [0.05, 0.1) is 38.4 Å². The zero-order valence-electron chi connectivity index (χ0n) is 21.9. The predicted molar refractivity (Wildman–Crippen MR) is 151 cm³/mol. The number of fused-ring (bicyclic) bond motifs is 2. The summed E-state index contributed by atoms with van der Waals surface area (Å²) in [6.07, 6.45) is 7.37. The van der Waals surface area contributed by atoms with E-state index in [0.717, 1.165) is 18.5 Å². The van der Waals surface area contributed by atoms with Crippen LogP contribution in [-0.4, -0.2) is 47.1 Å². The number of carbonyl (C=O) groups excluding carboxylic acids is 2. The fourth-order valence-electron chi connectivity index (χ4n) is 5.46. The second-order valence-corrected chi connectivity index (χ2v) is 11.6. The van der Waals surface area contributed by atoms with Gasteiger partial charge in [0.1, 0.15) is 0 Å². The molecule has 2 aliphatic rings. The van der Waals surface area contributed by atoms with Crippen molar-refractivity contribution in [1.29, 1.82) is 0 Å².